The predicted octanol–water partition coefficient (Wildman–Crippen LogP) is 5.48. The number of hydrogen-bond donors (Lipinski definition) is 1. The number of rotatable bonds is 3. The summed E-state index contributed by atoms with van der Waals surface area (Å²) in [6, 6.07) is 8.84. The zero-order chi connectivity index (χ0) is 14.9. The van der Waals surface area contributed by atoms with Gasteiger partial charge in [0.2, 0.25) is 0 Å². The molecule has 4 nitrogen and oxygen atoms in total. The Morgan fingerprint density at radius 3 is 2.25 bits per heavy atom. The quantitative estimate of drug-likeness (QED) is 0.549. The highest BCUT2D eigenvalue weighted by atomic mass is 79.9. The van der Waals surface area contributed by atoms with Crippen molar-refractivity contribution >= 4 is 48.9 Å². The lowest BCUT2D eigenvalue weighted by atomic mass is 10.1. The van der Waals surface area contributed by atoms with Crippen LogP contribution in [0.5, 0.6) is 0 Å². The number of hydrogen-bond acceptors (Lipinski definition) is 3. The van der Waals surface area contributed by atoms with E-state index < -0.39 is 4.92 Å². The van der Waals surface area contributed by atoms with Crippen molar-refractivity contribution in [1.82, 2.24) is 0 Å². The maximum atomic E-state index is 11.1. The second-order valence-electron chi connectivity index (χ2n) is 4.47. The van der Waals surface area contributed by atoms with Crippen LogP contribution in [0.25, 0.3) is 0 Å². The Morgan fingerprint density at radius 2 is 1.70 bits per heavy atom. The van der Waals surface area contributed by atoms with Gasteiger partial charge in [-0.2, -0.15) is 0 Å². The molecule has 104 valence electrons. The van der Waals surface area contributed by atoms with E-state index in [1.54, 1.807) is 12.1 Å². The fraction of sp³-hybridized carbons (Fsp3) is 0.143. The number of nitro benzene ring substituents is 1. The molecule has 0 aliphatic carbocycles. The molecule has 0 aliphatic rings. The zero-order valence-corrected chi connectivity index (χ0v) is 14.1. The Hall–Kier alpha value is -1.40. The molecule has 0 bridgehead atoms. The standard InChI is InChI=1S/C14H12Br2N2O2/c1-8-5-11(6-9(2)14(8)16)17-12-4-3-10(15)7-13(12)18(19)20/h3-7,17H,1-2H3. The molecule has 0 atom stereocenters. The molecule has 1 N–H and O–H groups in total. The normalized spacial score (nSPS) is 10.4. The molecule has 2 aromatic carbocycles. The Balaban J connectivity index is 2.42. The lowest BCUT2D eigenvalue weighted by molar-refractivity contribution is -0.384. The number of nitrogens with zero attached hydrogens (tertiary/aromatic N) is 1. The molecule has 0 saturated carbocycles. The summed E-state index contributed by atoms with van der Waals surface area (Å²) in [5, 5.41) is 14.2. The molecule has 0 aliphatic heterocycles. The summed E-state index contributed by atoms with van der Waals surface area (Å²) >= 11 is 6.75. The van der Waals surface area contributed by atoms with E-state index in [1.165, 1.54) is 6.07 Å². The van der Waals surface area contributed by atoms with E-state index in [4.69, 9.17) is 0 Å². The molecule has 0 unspecified atom stereocenters. The lowest BCUT2D eigenvalue weighted by Gasteiger charge is -2.11. The van der Waals surface area contributed by atoms with Crippen LogP contribution in [0.1, 0.15) is 11.1 Å². The first-order valence-electron chi connectivity index (χ1n) is 5.86. The maximum absolute atomic E-state index is 11.1. The summed E-state index contributed by atoms with van der Waals surface area (Å²) < 4.78 is 1.73. The molecule has 0 radical (unpaired) electrons. The van der Waals surface area contributed by atoms with Gasteiger partial charge < -0.3 is 5.32 Å². The minimum atomic E-state index is -0.397. The van der Waals surface area contributed by atoms with Crippen LogP contribution in [0, 0.1) is 24.0 Å². The SMILES string of the molecule is Cc1cc(Nc2ccc(Br)cc2[N+](=O)[O-])cc(C)c1Br. The van der Waals surface area contributed by atoms with E-state index in [2.05, 4.69) is 37.2 Å². The molecule has 0 amide bonds. The minimum absolute atomic E-state index is 0.0394. The number of aryl methyl sites for hydroxylation is 2. The smallest absolute Gasteiger partial charge is 0.293 e. The van der Waals surface area contributed by atoms with Crippen molar-refractivity contribution in [3.8, 4) is 0 Å². The van der Waals surface area contributed by atoms with Gasteiger partial charge in [-0.1, -0.05) is 31.9 Å². The van der Waals surface area contributed by atoms with E-state index in [1.807, 2.05) is 26.0 Å². The van der Waals surface area contributed by atoms with Crippen LogP contribution in [-0.4, -0.2) is 4.92 Å². The molecule has 0 spiro atoms. The predicted molar refractivity (Wildman–Crippen MR) is 87.7 cm³/mol. The number of anilines is 2. The first kappa shape index (κ1) is 15.0. The van der Waals surface area contributed by atoms with Crippen molar-refractivity contribution in [2.24, 2.45) is 0 Å². The Bertz CT molecular complexity index is 664. The minimum Gasteiger partial charge on any atom is -0.350 e. The summed E-state index contributed by atoms with van der Waals surface area (Å²) in [5.41, 5.74) is 3.49. The van der Waals surface area contributed by atoms with Gasteiger partial charge in [-0.3, -0.25) is 10.1 Å². The highest BCUT2D eigenvalue weighted by Gasteiger charge is 2.14. The van der Waals surface area contributed by atoms with Gasteiger partial charge in [-0.25, -0.2) is 0 Å². The first-order chi connectivity index (χ1) is 9.38. The van der Waals surface area contributed by atoms with Crippen molar-refractivity contribution in [2.75, 3.05) is 5.32 Å². The number of nitrogens with one attached hydrogen (secondary N) is 1. The molecule has 6 heteroatoms. The average Bonchev–Trinajstić information content (AvgIpc) is 2.37. The lowest BCUT2D eigenvalue weighted by Crippen LogP contribution is -1.98. The fourth-order valence-corrected chi connectivity index (χ4v) is 2.51. The second kappa shape index (κ2) is 5.93. The topological polar surface area (TPSA) is 55.2 Å². The summed E-state index contributed by atoms with van der Waals surface area (Å²) in [7, 11) is 0. The molecule has 0 aromatic heterocycles. The third-order valence-corrected chi connectivity index (χ3v) is 4.62. The molecule has 2 aromatic rings. The van der Waals surface area contributed by atoms with Gasteiger partial charge in [0.05, 0.1) is 4.92 Å². The Labute approximate surface area is 133 Å². The second-order valence-corrected chi connectivity index (χ2v) is 6.18. The summed E-state index contributed by atoms with van der Waals surface area (Å²) in [6.45, 7) is 3.97. The van der Waals surface area contributed by atoms with E-state index in [-0.39, 0.29) is 5.69 Å². The van der Waals surface area contributed by atoms with E-state index >= 15 is 0 Å². The van der Waals surface area contributed by atoms with Crippen molar-refractivity contribution in [3.05, 3.63) is 60.5 Å². The van der Waals surface area contributed by atoms with Crippen LogP contribution >= 0.6 is 31.9 Å². The molecule has 0 heterocycles. The molecule has 20 heavy (non-hydrogen) atoms. The van der Waals surface area contributed by atoms with Crippen LogP contribution in [0.4, 0.5) is 17.1 Å². The highest BCUT2D eigenvalue weighted by molar-refractivity contribution is 9.10. The number of benzene rings is 2. The van der Waals surface area contributed by atoms with Crippen molar-refractivity contribution in [1.29, 1.82) is 0 Å². The monoisotopic (exact) mass is 398 g/mol. The summed E-state index contributed by atoms with van der Waals surface area (Å²) in [4.78, 5) is 10.7. The van der Waals surface area contributed by atoms with Crippen LogP contribution < -0.4 is 5.32 Å². The fourth-order valence-electron chi connectivity index (χ4n) is 1.94. The number of halogens is 2. The van der Waals surface area contributed by atoms with Gasteiger partial charge in [0.1, 0.15) is 5.69 Å². The summed E-state index contributed by atoms with van der Waals surface area (Å²) in [6.07, 6.45) is 0. The van der Waals surface area contributed by atoms with E-state index in [9.17, 15) is 10.1 Å². The molecular weight excluding hydrogens is 388 g/mol. The van der Waals surface area contributed by atoms with Crippen molar-refractivity contribution in [2.45, 2.75) is 13.8 Å². The zero-order valence-electron chi connectivity index (χ0n) is 10.9. The summed E-state index contributed by atoms with van der Waals surface area (Å²) in [5.74, 6) is 0. The van der Waals surface area contributed by atoms with Crippen LogP contribution in [-0.2, 0) is 0 Å². The molecular formula is C14H12Br2N2O2. The highest BCUT2D eigenvalue weighted by Crippen LogP contribution is 2.32. The third kappa shape index (κ3) is 3.19. The largest absolute Gasteiger partial charge is 0.350 e. The van der Waals surface area contributed by atoms with Crippen LogP contribution in [0.2, 0.25) is 0 Å². The number of nitro groups is 1. The Morgan fingerprint density at radius 1 is 1.10 bits per heavy atom. The van der Waals surface area contributed by atoms with Gasteiger partial charge >= 0.3 is 0 Å². The van der Waals surface area contributed by atoms with Crippen molar-refractivity contribution < 1.29 is 4.92 Å². The Kier molecular flexibility index (Phi) is 4.45. The molecule has 2 rings (SSSR count). The van der Waals surface area contributed by atoms with E-state index in [0.29, 0.717) is 10.2 Å². The van der Waals surface area contributed by atoms with Gasteiger partial charge in [0.15, 0.2) is 0 Å². The van der Waals surface area contributed by atoms with Crippen molar-refractivity contribution in [3.63, 3.8) is 0 Å². The third-order valence-electron chi connectivity index (χ3n) is 2.87. The molecule has 0 fully saturated rings. The van der Waals surface area contributed by atoms with Gasteiger partial charge in [-0.15, -0.1) is 0 Å². The molecule has 0 saturated heterocycles. The van der Waals surface area contributed by atoms with Gasteiger partial charge in [0.25, 0.3) is 5.69 Å². The van der Waals surface area contributed by atoms with Crippen LogP contribution in [0.15, 0.2) is 39.3 Å². The average molecular weight is 400 g/mol. The first-order valence-corrected chi connectivity index (χ1v) is 7.45. The van der Waals surface area contributed by atoms with Gasteiger partial charge in [-0.05, 0) is 49.2 Å². The van der Waals surface area contributed by atoms with Gasteiger partial charge in [0, 0.05) is 20.7 Å². The van der Waals surface area contributed by atoms with E-state index in [0.717, 1.165) is 21.3 Å². The maximum Gasteiger partial charge on any atom is 0.293 e. The van der Waals surface area contributed by atoms with Crippen LogP contribution in [0.3, 0.4) is 0 Å².